The smallest absolute Gasteiger partial charge is 0.414 e. The van der Waals surface area contributed by atoms with E-state index in [2.05, 4.69) is 11.1 Å². The molecule has 0 saturated carbocycles. The number of nitrogens with zero attached hydrogens (tertiary/aromatic N) is 2. The first-order valence-electron chi connectivity index (χ1n) is 8.10. The van der Waals surface area contributed by atoms with Crippen molar-refractivity contribution in [3.05, 3.63) is 64.3 Å². The second-order valence-electron chi connectivity index (χ2n) is 6.19. The Morgan fingerprint density at radius 2 is 2.08 bits per heavy atom. The molecule has 0 unspecified atom stereocenters. The SMILES string of the molecule is O=C1OCCN1c1ccc2c(c1)C(c1cc3ccc(Cl)cc3[nH]1)=NC2. The largest absolute Gasteiger partial charge is 0.447 e. The van der Waals surface area contributed by atoms with Crippen molar-refractivity contribution in [1.29, 1.82) is 0 Å². The normalized spacial score (nSPS) is 16.3. The molecule has 5 rings (SSSR count). The van der Waals surface area contributed by atoms with Gasteiger partial charge in [-0.3, -0.25) is 9.89 Å². The van der Waals surface area contributed by atoms with Gasteiger partial charge in [0.1, 0.15) is 6.61 Å². The van der Waals surface area contributed by atoms with Crippen molar-refractivity contribution in [2.45, 2.75) is 6.54 Å². The number of rotatable bonds is 2. The summed E-state index contributed by atoms with van der Waals surface area (Å²) in [6.07, 6.45) is -0.295. The standard InChI is InChI=1S/C19H14ClN3O2/c20-13-3-1-11-7-17(22-16(11)8-13)18-15-9-14(4-2-12(15)10-21-18)23-5-6-25-19(23)24/h1-4,7-9,22H,5-6,10H2. The van der Waals surface area contributed by atoms with Crippen LogP contribution < -0.4 is 4.90 Å². The average molecular weight is 352 g/mol. The molecule has 3 aromatic rings. The quantitative estimate of drug-likeness (QED) is 0.754. The fourth-order valence-electron chi connectivity index (χ4n) is 3.43. The highest BCUT2D eigenvalue weighted by Crippen LogP contribution is 2.30. The molecule has 5 nitrogen and oxygen atoms in total. The maximum atomic E-state index is 11.8. The van der Waals surface area contributed by atoms with Crippen LogP contribution in [0.2, 0.25) is 5.02 Å². The van der Waals surface area contributed by atoms with Crippen molar-refractivity contribution in [3.8, 4) is 0 Å². The molecule has 0 radical (unpaired) electrons. The lowest BCUT2D eigenvalue weighted by Gasteiger charge is -2.14. The number of ether oxygens (including phenoxy) is 1. The molecule has 6 heteroatoms. The van der Waals surface area contributed by atoms with E-state index in [9.17, 15) is 4.79 Å². The van der Waals surface area contributed by atoms with Gasteiger partial charge in [0.25, 0.3) is 0 Å². The predicted octanol–water partition coefficient (Wildman–Crippen LogP) is 4.13. The van der Waals surface area contributed by atoms with E-state index in [1.54, 1.807) is 4.90 Å². The van der Waals surface area contributed by atoms with Crippen molar-refractivity contribution in [1.82, 2.24) is 4.98 Å². The summed E-state index contributed by atoms with van der Waals surface area (Å²) in [6, 6.07) is 13.9. The lowest BCUT2D eigenvalue weighted by atomic mass is 10.0. The van der Waals surface area contributed by atoms with E-state index < -0.39 is 0 Å². The van der Waals surface area contributed by atoms with Gasteiger partial charge >= 0.3 is 6.09 Å². The van der Waals surface area contributed by atoms with Crippen LogP contribution in [0.3, 0.4) is 0 Å². The van der Waals surface area contributed by atoms with Crippen molar-refractivity contribution in [2.24, 2.45) is 4.99 Å². The summed E-state index contributed by atoms with van der Waals surface area (Å²) in [5.74, 6) is 0. The number of aliphatic imine (C=N–C) groups is 1. The minimum Gasteiger partial charge on any atom is -0.447 e. The molecule has 0 aliphatic carbocycles. The third-order valence-electron chi connectivity index (χ3n) is 4.67. The van der Waals surface area contributed by atoms with Gasteiger partial charge in [0, 0.05) is 27.2 Å². The molecule has 0 atom stereocenters. The molecule has 3 heterocycles. The Bertz CT molecular complexity index is 1050. The number of H-pyrrole nitrogens is 1. The molecule has 124 valence electrons. The second kappa shape index (κ2) is 5.36. The molecule has 1 saturated heterocycles. The molecule has 1 N–H and O–H groups in total. The van der Waals surface area contributed by atoms with E-state index in [-0.39, 0.29) is 6.09 Å². The van der Waals surface area contributed by atoms with E-state index in [0.29, 0.717) is 24.7 Å². The Morgan fingerprint density at radius 1 is 1.16 bits per heavy atom. The minimum absolute atomic E-state index is 0.295. The van der Waals surface area contributed by atoms with Crippen LogP contribution in [-0.4, -0.2) is 29.9 Å². The molecule has 1 aromatic heterocycles. The Morgan fingerprint density at radius 3 is 2.92 bits per heavy atom. The summed E-state index contributed by atoms with van der Waals surface area (Å²) in [5.41, 5.74) is 5.90. The zero-order chi connectivity index (χ0) is 17.0. The van der Waals surface area contributed by atoms with Crippen molar-refractivity contribution in [2.75, 3.05) is 18.1 Å². The number of aromatic nitrogens is 1. The average Bonchev–Trinajstić information content (AvgIpc) is 3.30. The van der Waals surface area contributed by atoms with Gasteiger partial charge in [0.15, 0.2) is 0 Å². The molecule has 1 amide bonds. The van der Waals surface area contributed by atoms with Crippen LogP contribution in [0.25, 0.3) is 10.9 Å². The first-order valence-corrected chi connectivity index (χ1v) is 8.47. The molecule has 1 fully saturated rings. The van der Waals surface area contributed by atoms with Gasteiger partial charge in [-0.15, -0.1) is 0 Å². The molecule has 0 spiro atoms. The number of anilines is 1. The maximum Gasteiger partial charge on any atom is 0.414 e. The van der Waals surface area contributed by atoms with E-state index in [4.69, 9.17) is 21.3 Å². The highest BCUT2D eigenvalue weighted by Gasteiger charge is 2.26. The van der Waals surface area contributed by atoms with Crippen LogP contribution in [0.5, 0.6) is 0 Å². The predicted molar refractivity (Wildman–Crippen MR) is 97.8 cm³/mol. The zero-order valence-corrected chi connectivity index (χ0v) is 14.0. The molecular formula is C19H14ClN3O2. The zero-order valence-electron chi connectivity index (χ0n) is 13.3. The Labute approximate surface area is 148 Å². The third-order valence-corrected chi connectivity index (χ3v) is 4.90. The summed E-state index contributed by atoms with van der Waals surface area (Å²) >= 11 is 6.08. The van der Waals surface area contributed by atoms with Crippen LogP contribution in [0.4, 0.5) is 10.5 Å². The van der Waals surface area contributed by atoms with Gasteiger partial charge in [-0.25, -0.2) is 4.79 Å². The van der Waals surface area contributed by atoms with Crippen molar-refractivity contribution in [3.63, 3.8) is 0 Å². The fraction of sp³-hybridized carbons (Fsp3) is 0.158. The molecule has 25 heavy (non-hydrogen) atoms. The van der Waals surface area contributed by atoms with Gasteiger partial charge in [-0.2, -0.15) is 0 Å². The minimum atomic E-state index is -0.295. The molecule has 0 bridgehead atoms. The number of aromatic amines is 1. The number of halogens is 1. The van der Waals surface area contributed by atoms with Gasteiger partial charge in [-0.1, -0.05) is 23.7 Å². The number of hydrogen-bond donors (Lipinski definition) is 1. The first kappa shape index (κ1) is 14.5. The Kier molecular flexibility index (Phi) is 3.12. The van der Waals surface area contributed by atoms with Crippen LogP contribution >= 0.6 is 11.6 Å². The Balaban J connectivity index is 1.58. The first-order chi connectivity index (χ1) is 12.2. The second-order valence-corrected chi connectivity index (χ2v) is 6.62. The molecule has 2 aromatic carbocycles. The van der Waals surface area contributed by atoms with Crippen LogP contribution in [0.1, 0.15) is 16.8 Å². The van der Waals surface area contributed by atoms with E-state index in [0.717, 1.165) is 39.1 Å². The molecular weight excluding hydrogens is 338 g/mol. The summed E-state index contributed by atoms with van der Waals surface area (Å²) < 4.78 is 5.04. The number of carbonyl (C=O) groups excluding carboxylic acids is 1. The summed E-state index contributed by atoms with van der Waals surface area (Å²) in [5, 5.41) is 1.79. The summed E-state index contributed by atoms with van der Waals surface area (Å²) in [4.78, 5) is 21.6. The lowest BCUT2D eigenvalue weighted by molar-refractivity contribution is 0.181. The highest BCUT2D eigenvalue weighted by molar-refractivity contribution is 6.31. The van der Waals surface area contributed by atoms with Gasteiger partial charge in [0.05, 0.1) is 24.5 Å². The summed E-state index contributed by atoms with van der Waals surface area (Å²) in [7, 11) is 0. The Hall–Kier alpha value is -2.79. The highest BCUT2D eigenvalue weighted by atomic mass is 35.5. The van der Waals surface area contributed by atoms with Crippen LogP contribution in [0, 0.1) is 0 Å². The number of hydrogen-bond acceptors (Lipinski definition) is 3. The number of cyclic esters (lactones) is 1. The van der Waals surface area contributed by atoms with Gasteiger partial charge in [-0.05, 0) is 35.9 Å². The van der Waals surface area contributed by atoms with E-state index >= 15 is 0 Å². The third kappa shape index (κ3) is 2.31. The number of amides is 1. The molecule has 2 aliphatic heterocycles. The lowest BCUT2D eigenvalue weighted by Crippen LogP contribution is -2.23. The van der Waals surface area contributed by atoms with E-state index in [1.807, 2.05) is 36.4 Å². The van der Waals surface area contributed by atoms with Crippen LogP contribution in [0.15, 0.2) is 47.5 Å². The maximum absolute atomic E-state index is 11.8. The summed E-state index contributed by atoms with van der Waals surface area (Å²) in [6.45, 7) is 1.65. The fourth-order valence-corrected chi connectivity index (χ4v) is 3.60. The molecule has 2 aliphatic rings. The van der Waals surface area contributed by atoms with Gasteiger partial charge in [0.2, 0.25) is 0 Å². The van der Waals surface area contributed by atoms with E-state index in [1.165, 1.54) is 0 Å². The number of fused-ring (bicyclic) bond motifs is 2. The number of benzene rings is 2. The van der Waals surface area contributed by atoms with Gasteiger partial charge < -0.3 is 9.72 Å². The van der Waals surface area contributed by atoms with Crippen molar-refractivity contribution >= 4 is 40.0 Å². The number of nitrogens with one attached hydrogen (secondary N) is 1. The van der Waals surface area contributed by atoms with Crippen molar-refractivity contribution < 1.29 is 9.53 Å². The van der Waals surface area contributed by atoms with Crippen LogP contribution in [-0.2, 0) is 11.3 Å². The topological polar surface area (TPSA) is 57.7 Å². The monoisotopic (exact) mass is 351 g/mol. The number of carbonyl (C=O) groups is 1.